The number of benzene rings is 2. The second kappa shape index (κ2) is 6.06. The Morgan fingerprint density at radius 2 is 1.90 bits per heavy atom. The first-order valence-electron chi connectivity index (χ1n) is 6.79. The minimum absolute atomic E-state index is 0.153. The van der Waals surface area contributed by atoms with Crippen molar-refractivity contribution >= 4 is 5.69 Å². The monoisotopic (exact) mass is 272 g/mol. The van der Waals surface area contributed by atoms with E-state index in [0.717, 1.165) is 5.56 Å². The van der Waals surface area contributed by atoms with Crippen LogP contribution in [-0.2, 0) is 6.54 Å². The van der Waals surface area contributed by atoms with Gasteiger partial charge in [0.05, 0.1) is 5.69 Å². The number of halogens is 1. The summed E-state index contributed by atoms with van der Waals surface area (Å²) in [5.74, 6) is -0.226. The lowest BCUT2D eigenvalue weighted by molar-refractivity contribution is 0.617. The molecular weight excluding hydrogens is 251 g/mol. The van der Waals surface area contributed by atoms with E-state index in [9.17, 15) is 4.39 Å². The van der Waals surface area contributed by atoms with Crippen LogP contribution >= 0.6 is 0 Å². The fraction of sp³-hybridized carbons (Fsp3) is 0.294. The van der Waals surface area contributed by atoms with Gasteiger partial charge in [0.15, 0.2) is 0 Å². The molecule has 2 aromatic carbocycles. The van der Waals surface area contributed by atoms with Crippen molar-refractivity contribution in [2.24, 2.45) is 5.73 Å². The Morgan fingerprint density at radius 3 is 2.50 bits per heavy atom. The highest BCUT2D eigenvalue weighted by atomic mass is 19.1. The maximum atomic E-state index is 14.2. The summed E-state index contributed by atoms with van der Waals surface area (Å²) in [5.41, 5.74) is 9.60. The van der Waals surface area contributed by atoms with Gasteiger partial charge in [-0.05, 0) is 42.7 Å². The minimum atomic E-state index is -0.226. The normalized spacial score (nSPS) is 12.2. The molecule has 0 aliphatic heterocycles. The Balaban J connectivity index is 2.21. The molecule has 0 amide bonds. The van der Waals surface area contributed by atoms with E-state index in [1.165, 1.54) is 17.2 Å². The van der Waals surface area contributed by atoms with Crippen LogP contribution in [-0.4, -0.2) is 7.05 Å². The van der Waals surface area contributed by atoms with Gasteiger partial charge in [0.1, 0.15) is 5.82 Å². The van der Waals surface area contributed by atoms with Crippen LogP contribution in [0.25, 0.3) is 0 Å². The van der Waals surface area contributed by atoms with Crippen LogP contribution in [0.3, 0.4) is 0 Å². The van der Waals surface area contributed by atoms with Gasteiger partial charge in [-0.1, -0.05) is 30.3 Å². The van der Waals surface area contributed by atoms with E-state index in [-0.39, 0.29) is 11.9 Å². The maximum absolute atomic E-state index is 14.2. The number of nitrogens with zero attached hydrogens (tertiary/aromatic N) is 1. The molecule has 2 nitrogen and oxygen atoms in total. The Morgan fingerprint density at radius 1 is 1.20 bits per heavy atom. The lowest BCUT2D eigenvalue weighted by Gasteiger charge is -2.22. The van der Waals surface area contributed by atoms with E-state index >= 15 is 0 Å². The predicted octanol–water partition coefficient (Wildman–Crippen LogP) is 3.79. The van der Waals surface area contributed by atoms with Crippen LogP contribution in [0.5, 0.6) is 0 Å². The van der Waals surface area contributed by atoms with Gasteiger partial charge in [-0.3, -0.25) is 0 Å². The molecule has 0 unspecified atom stereocenters. The van der Waals surface area contributed by atoms with Crippen molar-refractivity contribution in [1.29, 1.82) is 0 Å². The molecule has 0 fully saturated rings. The fourth-order valence-corrected chi connectivity index (χ4v) is 2.24. The number of hydrogen-bond acceptors (Lipinski definition) is 2. The number of anilines is 1. The standard InChI is InChI=1S/C17H21FN2/c1-12-6-4-5-7-15(12)11-20(3)17-9-8-14(13(2)19)10-16(17)18/h4-10,13H,11,19H2,1-3H3/t13-/m0/s1. The van der Waals surface area contributed by atoms with E-state index in [1.54, 1.807) is 6.07 Å². The molecule has 3 heteroatoms. The van der Waals surface area contributed by atoms with Crippen molar-refractivity contribution in [3.05, 3.63) is 65.0 Å². The van der Waals surface area contributed by atoms with Gasteiger partial charge in [0, 0.05) is 19.6 Å². The van der Waals surface area contributed by atoms with E-state index in [0.29, 0.717) is 12.2 Å². The highest BCUT2D eigenvalue weighted by molar-refractivity contribution is 5.49. The third kappa shape index (κ3) is 3.17. The van der Waals surface area contributed by atoms with Crippen LogP contribution in [0.2, 0.25) is 0 Å². The van der Waals surface area contributed by atoms with Crippen molar-refractivity contribution in [3.8, 4) is 0 Å². The molecule has 2 N–H and O–H groups in total. The third-order valence-corrected chi connectivity index (χ3v) is 3.58. The molecule has 0 heterocycles. The van der Waals surface area contributed by atoms with Crippen molar-refractivity contribution in [3.63, 3.8) is 0 Å². The van der Waals surface area contributed by atoms with E-state index in [1.807, 2.05) is 37.1 Å². The maximum Gasteiger partial charge on any atom is 0.146 e. The Kier molecular flexibility index (Phi) is 4.40. The summed E-state index contributed by atoms with van der Waals surface area (Å²) in [6.45, 7) is 4.60. The number of rotatable bonds is 4. The average Bonchev–Trinajstić information content (AvgIpc) is 2.41. The molecule has 0 bridgehead atoms. The smallest absolute Gasteiger partial charge is 0.146 e. The van der Waals surface area contributed by atoms with Crippen molar-refractivity contribution in [2.45, 2.75) is 26.4 Å². The molecule has 0 spiro atoms. The summed E-state index contributed by atoms with van der Waals surface area (Å²) >= 11 is 0. The van der Waals surface area contributed by atoms with Crippen LogP contribution in [0.15, 0.2) is 42.5 Å². The third-order valence-electron chi connectivity index (χ3n) is 3.58. The van der Waals surface area contributed by atoms with Gasteiger partial charge >= 0.3 is 0 Å². The van der Waals surface area contributed by atoms with Crippen molar-refractivity contribution in [1.82, 2.24) is 0 Å². The fourth-order valence-electron chi connectivity index (χ4n) is 2.24. The average molecular weight is 272 g/mol. The van der Waals surface area contributed by atoms with Crippen LogP contribution in [0.4, 0.5) is 10.1 Å². The molecule has 0 saturated heterocycles. The van der Waals surface area contributed by atoms with Crippen molar-refractivity contribution in [2.75, 3.05) is 11.9 Å². The lowest BCUT2D eigenvalue weighted by atomic mass is 10.1. The summed E-state index contributed by atoms with van der Waals surface area (Å²) in [6.07, 6.45) is 0. The summed E-state index contributed by atoms with van der Waals surface area (Å²) in [5, 5.41) is 0. The van der Waals surface area contributed by atoms with E-state index in [4.69, 9.17) is 5.73 Å². The molecule has 0 radical (unpaired) electrons. The zero-order valence-corrected chi connectivity index (χ0v) is 12.2. The van der Waals surface area contributed by atoms with Crippen LogP contribution in [0, 0.1) is 12.7 Å². The van der Waals surface area contributed by atoms with Gasteiger partial charge in [-0.25, -0.2) is 4.39 Å². The Labute approximate surface area is 120 Å². The summed E-state index contributed by atoms with van der Waals surface area (Å²) < 4.78 is 14.2. The summed E-state index contributed by atoms with van der Waals surface area (Å²) in [7, 11) is 1.90. The van der Waals surface area contributed by atoms with E-state index in [2.05, 4.69) is 19.1 Å². The Hall–Kier alpha value is -1.87. The predicted molar refractivity (Wildman–Crippen MR) is 82.3 cm³/mol. The first kappa shape index (κ1) is 14.5. The molecule has 2 rings (SSSR count). The largest absolute Gasteiger partial charge is 0.368 e. The quantitative estimate of drug-likeness (QED) is 0.917. The van der Waals surface area contributed by atoms with E-state index < -0.39 is 0 Å². The van der Waals surface area contributed by atoms with Gasteiger partial charge in [0.2, 0.25) is 0 Å². The molecule has 20 heavy (non-hydrogen) atoms. The lowest BCUT2D eigenvalue weighted by Crippen LogP contribution is -2.18. The Bertz CT molecular complexity index is 593. The second-order valence-corrected chi connectivity index (χ2v) is 5.28. The number of aryl methyl sites for hydroxylation is 1. The van der Waals surface area contributed by atoms with Crippen LogP contribution < -0.4 is 10.6 Å². The first-order chi connectivity index (χ1) is 9.49. The SMILES string of the molecule is Cc1ccccc1CN(C)c1ccc([C@H](C)N)cc1F. The molecule has 0 aliphatic carbocycles. The summed E-state index contributed by atoms with van der Waals surface area (Å²) in [6, 6.07) is 13.2. The molecule has 0 aromatic heterocycles. The zero-order valence-electron chi connectivity index (χ0n) is 12.2. The number of nitrogens with two attached hydrogens (primary N) is 1. The minimum Gasteiger partial charge on any atom is -0.368 e. The molecule has 106 valence electrons. The number of hydrogen-bond donors (Lipinski definition) is 1. The van der Waals surface area contributed by atoms with Gasteiger partial charge < -0.3 is 10.6 Å². The van der Waals surface area contributed by atoms with Gasteiger partial charge in [0.25, 0.3) is 0 Å². The molecule has 1 atom stereocenters. The summed E-state index contributed by atoms with van der Waals surface area (Å²) in [4.78, 5) is 1.92. The highest BCUT2D eigenvalue weighted by Gasteiger charge is 2.11. The highest BCUT2D eigenvalue weighted by Crippen LogP contribution is 2.23. The van der Waals surface area contributed by atoms with Crippen molar-refractivity contribution < 1.29 is 4.39 Å². The van der Waals surface area contributed by atoms with Gasteiger partial charge in [-0.2, -0.15) is 0 Å². The molecule has 0 aliphatic rings. The van der Waals surface area contributed by atoms with Crippen LogP contribution in [0.1, 0.15) is 29.7 Å². The molecule has 2 aromatic rings. The van der Waals surface area contributed by atoms with Gasteiger partial charge in [-0.15, -0.1) is 0 Å². The first-order valence-corrected chi connectivity index (χ1v) is 6.79. The molecular formula is C17H21FN2. The topological polar surface area (TPSA) is 29.3 Å². The second-order valence-electron chi connectivity index (χ2n) is 5.28. The molecule has 0 saturated carbocycles. The zero-order chi connectivity index (χ0) is 14.7.